The number of carbonyl (C=O) groups excluding carboxylic acids is 1. The monoisotopic (exact) mass is 169 g/mol. The van der Waals surface area contributed by atoms with Gasteiger partial charge in [0.1, 0.15) is 0 Å². The Kier molecular flexibility index (Phi) is 2.91. The highest BCUT2D eigenvalue weighted by atomic mass is 19.4. The molecule has 0 aliphatic rings. The molecule has 0 bridgehead atoms. The van der Waals surface area contributed by atoms with Gasteiger partial charge in [0.25, 0.3) is 0 Å². The first-order chi connectivity index (χ1) is 4.83. The summed E-state index contributed by atoms with van der Waals surface area (Å²) in [5, 5.41) is 7.72. The van der Waals surface area contributed by atoms with Gasteiger partial charge in [-0.3, -0.25) is 0 Å². The summed E-state index contributed by atoms with van der Waals surface area (Å²) >= 11 is 0. The summed E-state index contributed by atoms with van der Waals surface area (Å²) in [5.74, 6) is -4.05. The van der Waals surface area contributed by atoms with E-state index in [1.807, 2.05) is 0 Å². The first-order valence-corrected chi connectivity index (χ1v) is 2.18. The van der Waals surface area contributed by atoms with Crippen molar-refractivity contribution in [2.75, 3.05) is 0 Å². The number of rotatable bonds is 1. The molecule has 0 aromatic carbocycles. The normalized spacial score (nSPS) is 10.5. The van der Waals surface area contributed by atoms with E-state index in [1.165, 1.54) is 0 Å². The average molecular weight is 169 g/mol. The van der Waals surface area contributed by atoms with Crippen LogP contribution in [-0.4, -0.2) is 30.6 Å². The van der Waals surface area contributed by atoms with Crippen LogP contribution in [0.25, 0.3) is 0 Å². The molecular weight excluding hydrogens is 168 g/mol. The van der Waals surface area contributed by atoms with Crippen molar-refractivity contribution in [3.05, 3.63) is 0 Å². The largest absolute Gasteiger partial charge is 0.520 e. The van der Waals surface area contributed by atoms with E-state index in [-0.39, 0.29) is 0 Å². The third-order valence-corrected chi connectivity index (χ3v) is 0.474. The summed E-state index contributed by atoms with van der Waals surface area (Å²) in [6.45, 7) is 0. The van der Waals surface area contributed by atoms with Crippen molar-refractivity contribution in [1.82, 2.24) is 0 Å². The molecule has 11 heavy (non-hydrogen) atoms. The van der Waals surface area contributed by atoms with Gasteiger partial charge in [-0.05, 0) is 0 Å². The van der Waals surface area contributed by atoms with E-state index >= 15 is 0 Å². The van der Waals surface area contributed by atoms with Crippen molar-refractivity contribution >= 4 is 19.4 Å². The molecule has 4 nitrogen and oxygen atoms in total. The predicted molar refractivity (Wildman–Crippen MR) is 25.5 cm³/mol. The molecular formula is C3HBF3O4. The van der Waals surface area contributed by atoms with Crippen molar-refractivity contribution < 1.29 is 32.5 Å². The average Bonchev–Trinajstić information content (AvgIpc) is 1.80. The molecule has 0 fully saturated rings. The molecule has 0 spiro atoms. The fourth-order valence-corrected chi connectivity index (χ4v) is 0.171. The lowest BCUT2D eigenvalue weighted by Crippen LogP contribution is -2.27. The molecule has 0 rings (SSSR count). The highest BCUT2D eigenvalue weighted by molar-refractivity contribution is 6.41. The molecule has 0 atom stereocenters. The molecule has 1 N–H and O–H groups in total. The number of hydrogen-bond acceptors (Lipinski definition) is 3. The van der Waals surface area contributed by atoms with Gasteiger partial charge < -0.3 is 9.76 Å². The van der Waals surface area contributed by atoms with Gasteiger partial charge in [0.15, 0.2) is 0 Å². The van der Waals surface area contributed by atoms with Gasteiger partial charge in [0.05, 0.1) is 0 Å². The first-order valence-electron chi connectivity index (χ1n) is 2.18. The smallest absolute Gasteiger partial charge is 0.504 e. The van der Waals surface area contributed by atoms with E-state index in [1.54, 1.807) is 0 Å². The quantitative estimate of drug-likeness (QED) is 0.434. The highest BCUT2D eigenvalue weighted by Crippen LogP contribution is 2.11. The molecule has 0 aromatic heterocycles. The lowest BCUT2D eigenvalue weighted by atomic mass is 10.0. The topological polar surface area (TPSA) is 63.6 Å². The summed E-state index contributed by atoms with van der Waals surface area (Å²) in [5.41, 5.74) is 0. The molecule has 61 valence electrons. The molecule has 0 aromatic rings. The molecule has 0 amide bonds. The van der Waals surface area contributed by atoms with Gasteiger partial charge in [-0.25, -0.2) is 9.59 Å². The van der Waals surface area contributed by atoms with E-state index in [9.17, 15) is 22.8 Å². The summed E-state index contributed by atoms with van der Waals surface area (Å²) in [6.07, 6.45) is -4.81. The van der Waals surface area contributed by atoms with Crippen molar-refractivity contribution in [3.8, 4) is 0 Å². The Labute approximate surface area is 59.2 Å². The van der Waals surface area contributed by atoms with Crippen LogP contribution in [0.15, 0.2) is 0 Å². The van der Waals surface area contributed by atoms with Crippen LogP contribution in [0.3, 0.4) is 0 Å². The predicted octanol–water partition coefficient (Wildman–Crippen LogP) is -0.247. The van der Waals surface area contributed by atoms with Gasteiger partial charge in [-0.1, -0.05) is 0 Å². The van der Waals surface area contributed by atoms with Crippen molar-refractivity contribution in [2.24, 2.45) is 0 Å². The Hall–Kier alpha value is -1.21. The molecule has 0 unspecified atom stereocenters. The number of halogens is 3. The lowest BCUT2D eigenvalue weighted by molar-refractivity contribution is -0.159. The van der Waals surface area contributed by atoms with Crippen LogP contribution < -0.4 is 0 Å². The zero-order valence-electron chi connectivity index (χ0n) is 4.88. The number of alkyl halides is 3. The fraction of sp³-hybridized carbons (Fsp3) is 0.333. The van der Waals surface area contributed by atoms with Gasteiger partial charge >= 0.3 is 25.5 Å². The van der Waals surface area contributed by atoms with Gasteiger partial charge in [0.2, 0.25) is 0 Å². The maximum Gasteiger partial charge on any atom is 0.504 e. The Balaban J connectivity index is 3.73. The summed E-state index contributed by atoms with van der Waals surface area (Å²) in [4.78, 5) is 19.4. The SMILES string of the molecule is O=C(O)C(=O)O[B]C(F)(F)F. The molecule has 0 aliphatic heterocycles. The van der Waals surface area contributed by atoms with Crippen molar-refractivity contribution in [1.29, 1.82) is 0 Å². The second kappa shape index (κ2) is 3.26. The highest BCUT2D eigenvalue weighted by Gasteiger charge is 2.35. The summed E-state index contributed by atoms with van der Waals surface area (Å²) in [6, 6.07) is 0. The minimum Gasteiger partial charge on any atom is -0.520 e. The fourth-order valence-electron chi connectivity index (χ4n) is 0.171. The Morgan fingerprint density at radius 1 is 1.36 bits per heavy atom. The molecule has 0 heterocycles. The van der Waals surface area contributed by atoms with Crippen LogP contribution in [0.2, 0.25) is 0 Å². The Morgan fingerprint density at radius 2 is 1.82 bits per heavy atom. The van der Waals surface area contributed by atoms with Crippen LogP contribution in [0.1, 0.15) is 0 Å². The standard InChI is InChI=1S/C3HBF3O4/c5-3(6,7)4-11-2(10)1(8)9/h(H,8,9). The summed E-state index contributed by atoms with van der Waals surface area (Å²) < 4.78 is 36.6. The Morgan fingerprint density at radius 3 is 2.09 bits per heavy atom. The molecule has 0 saturated carbocycles. The second-order valence-corrected chi connectivity index (χ2v) is 1.37. The number of carboxylic acid groups (broad SMARTS) is 1. The zero-order chi connectivity index (χ0) is 9.07. The maximum atomic E-state index is 11.2. The van der Waals surface area contributed by atoms with Crippen LogP contribution in [-0.2, 0) is 14.2 Å². The van der Waals surface area contributed by atoms with E-state index in [4.69, 9.17) is 5.11 Å². The van der Waals surface area contributed by atoms with Crippen LogP contribution in [0, 0.1) is 0 Å². The molecule has 0 saturated heterocycles. The van der Waals surface area contributed by atoms with Gasteiger partial charge in [-0.2, -0.15) is 13.2 Å². The molecule has 8 heteroatoms. The second-order valence-electron chi connectivity index (χ2n) is 1.37. The molecule has 1 radical (unpaired) electrons. The van der Waals surface area contributed by atoms with E-state index in [0.717, 1.165) is 0 Å². The summed E-state index contributed by atoms with van der Waals surface area (Å²) in [7, 11) is -0.802. The lowest BCUT2D eigenvalue weighted by Gasteiger charge is -2.01. The van der Waals surface area contributed by atoms with Crippen LogP contribution >= 0.6 is 0 Å². The number of hydrogen-bond donors (Lipinski definition) is 1. The number of aliphatic carboxylic acids is 1. The third kappa shape index (κ3) is 5.25. The van der Waals surface area contributed by atoms with E-state index in [0.29, 0.717) is 0 Å². The van der Waals surface area contributed by atoms with E-state index in [2.05, 4.69) is 4.65 Å². The van der Waals surface area contributed by atoms with Gasteiger partial charge in [-0.15, -0.1) is 0 Å². The van der Waals surface area contributed by atoms with Crippen molar-refractivity contribution in [3.63, 3.8) is 0 Å². The van der Waals surface area contributed by atoms with Gasteiger partial charge in [0, 0.05) is 0 Å². The number of carboxylic acids is 1. The van der Waals surface area contributed by atoms with E-state index < -0.39 is 25.5 Å². The van der Waals surface area contributed by atoms with Crippen molar-refractivity contribution in [2.45, 2.75) is 6.08 Å². The number of carbonyl (C=O) groups is 2. The minimum atomic E-state index is -4.81. The zero-order valence-corrected chi connectivity index (χ0v) is 4.88. The first kappa shape index (κ1) is 9.79. The maximum absolute atomic E-state index is 11.2. The third-order valence-electron chi connectivity index (χ3n) is 0.474. The van der Waals surface area contributed by atoms with Crippen LogP contribution in [0.4, 0.5) is 13.2 Å². The van der Waals surface area contributed by atoms with Crippen LogP contribution in [0.5, 0.6) is 0 Å². The minimum absolute atomic E-state index is 0.802. The Bertz CT molecular complexity index is 176. The molecule has 0 aliphatic carbocycles.